The molecule has 1 nitrogen and oxygen atoms in total. The summed E-state index contributed by atoms with van der Waals surface area (Å²) in [6, 6.07) is 0. The summed E-state index contributed by atoms with van der Waals surface area (Å²) in [6.07, 6.45) is 0. The first-order chi connectivity index (χ1) is 2.41. The molecule has 0 spiro atoms. The van der Waals surface area contributed by atoms with Crippen molar-refractivity contribution in [3.8, 4) is 0 Å². The summed E-state index contributed by atoms with van der Waals surface area (Å²) in [6.45, 7) is 0. The number of halogens is 3. The Morgan fingerprint density at radius 2 is 1.17 bits per heavy atom. The molecule has 0 aliphatic heterocycles. The van der Waals surface area contributed by atoms with Crippen molar-refractivity contribution in [3.63, 3.8) is 0 Å². The minimum Gasteiger partial charge on any atom is -0.769 e. The van der Waals surface area contributed by atoms with Crippen LogP contribution in [0.4, 0.5) is 0 Å². The van der Waals surface area contributed by atoms with Gasteiger partial charge >= 0.3 is 68.2 Å². The van der Waals surface area contributed by atoms with E-state index >= 15 is 0 Å². The van der Waals surface area contributed by atoms with Crippen molar-refractivity contribution in [1.82, 2.24) is 0 Å². The van der Waals surface area contributed by atoms with E-state index in [9.17, 15) is 0 Å². The predicted octanol–water partition coefficient (Wildman–Crippen LogP) is -2.12. The Morgan fingerprint density at radius 3 is 1.17 bits per heavy atom. The van der Waals surface area contributed by atoms with Gasteiger partial charge in [-0.3, -0.25) is 0 Å². The van der Waals surface area contributed by atoms with Gasteiger partial charge in [0.15, 0.2) is 0 Å². The summed E-state index contributed by atoms with van der Waals surface area (Å²) in [4.78, 5) is 0. The van der Waals surface area contributed by atoms with E-state index in [0.717, 1.165) is 0 Å². The largest absolute Gasteiger partial charge is 1.00 e. The van der Waals surface area contributed by atoms with Gasteiger partial charge in [0.2, 0.25) is 0 Å². The average Bonchev–Trinajstić information content (AvgIpc) is 1.46. The van der Waals surface area contributed by atoms with Crippen LogP contribution in [0.15, 0.2) is 0 Å². The molecule has 6 heavy (non-hydrogen) atoms. The molecule has 6 heteroatoms. The Bertz CT molecular complexity index is 10.8. The van der Waals surface area contributed by atoms with Gasteiger partial charge in [0.1, 0.15) is 0 Å². The minimum absolute atomic E-state index is 0. The smallest absolute Gasteiger partial charge is 0.769 e. The normalized spacial score (nSPS) is 2.67. The third-order valence-electron chi connectivity index (χ3n) is 0. The van der Waals surface area contributed by atoms with Crippen LogP contribution in [0.3, 0.4) is 0 Å². The second kappa shape index (κ2) is 25.1. The van der Waals surface area contributed by atoms with Crippen molar-refractivity contribution >= 4 is 28.4 Å². The van der Waals surface area contributed by atoms with E-state index < -0.39 is 22.1 Å². The van der Waals surface area contributed by atoms with Crippen molar-refractivity contribution in [1.29, 1.82) is 0 Å². The Morgan fingerprint density at radius 1 is 1.17 bits per heavy atom. The van der Waals surface area contributed by atoms with Crippen LogP contribution in [0.1, 0.15) is 0 Å². The maximum Gasteiger partial charge on any atom is 1.00 e. The van der Waals surface area contributed by atoms with E-state index in [0.29, 0.717) is 0 Å². The van der Waals surface area contributed by atoms with Crippen LogP contribution in [0.25, 0.3) is 0 Å². The van der Waals surface area contributed by atoms with E-state index in [4.69, 9.17) is 21.2 Å². The molecule has 0 atom stereocenters. The molecule has 0 aromatic heterocycles. The van der Waals surface area contributed by atoms with Gasteiger partial charge in [-0.1, -0.05) is 0 Å². The van der Waals surface area contributed by atoms with Crippen molar-refractivity contribution in [2.24, 2.45) is 0 Å². The third-order valence-corrected chi connectivity index (χ3v) is 0. The minimum atomic E-state index is -1.14. The predicted molar refractivity (Wildman–Crippen MR) is 17.6 cm³/mol. The summed E-state index contributed by atoms with van der Waals surface area (Å²) in [5.74, 6) is 0. The van der Waals surface area contributed by atoms with Crippen LogP contribution in [0.5, 0.6) is 0 Å². The van der Waals surface area contributed by atoms with E-state index in [2.05, 4.69) is 11.9 Å². The molecule has 0 radical (unpaired) electrons. The van der Waals surface area contributed by atoms with Gasteiger partial charge < -0.3 is 4.66 Å². The van der Waals surface area contributed by atoms with Crippen LogP contribution in [-0.4, -0.2) is 0 Å². The van der Waals surface area contributed by atoms with Gasteiger partial charge in [-0.2, -0.15) is 0 Å². The molecule has 0 aromatic rings. The fourth-order valence-electron chi connectivity index (χ4n) is 0. The molecule has 0 unspecified atom stereocenters. The third kappa shape index (κ3) is 29.4. The molecule has 0 aromatic carbocycles. The monoisotopic (exact) mass is 346 g/mol. The molecule has 0 aliphatic rings. The van der Waals surface area contributed by atoms with E-state index in [1.54, 1.807) is 0 Å². The second-order valence-corrected chi connectivity index (χ2v) is 7.98. The van der Waals surface area contributed by atoms with Crippen LogP contribution >= 0.6 is 28.4 Å². The molecule has 30 valence electrons. The fourth-order valence-corrected chi connectivity index (χ4v) is 0. The van der Waals surface area contributed by atoms with Gasteiger partial charge in [-0.25, -0.2) is 11.9 Å². The fraction of sp³-hybridized carbons (Fsp3) is 0. The van der Waals surface area contributed by atoms with Crippen LogP contribution < -0.4 is 34.2 Å². The van der Waals surface area contributed by atoms with Crippen molar-refractivity contribution in [2.75, 3.05) is 0 Å². The molecule has 0 saturated carbocycles. The maximum absolute atomic E-state index is 7.72. The van der Waals surface area contributed by atoms with E-state index in [1.807, 2.05) is 0 Å². The molecule has 0 rings (SSSR count). The van der Waals surface area contributed by atoms with E-state index in [-0.39, 0.29) is 29.6 Å². The van der Waals surface area contributed by atoms with Gasteiger partial charge in [-0.05, 0) is 0 Å². The zero-order valence-electron chi connectivity index (χ0n) is 3.25. The molecule has 0 bridgehead atoms. The first-order valence-electron chi connectivity index (χ1n) is 0.689. The summed E-state index contributed by atoms with van der Waals surface area (Å²) >= 11 is 2.25. The summed E-state index contributed by atoms with van der Waals surface area (Å²) in [7, 11) is 9.97. The average molecular weight is 346 g/mol. The van der Waals surface area contributed by atoms with Crippen molar-refractivity contribution < 1.29 is 56.3 Å². The number of hydrogen-bond donors (Lipinski definition) is 0. The first kappa shape index (κ1) is 15.9. The molecule has 0 N–H and O–H groups in total. The summed E-state index contributed by atoms with van der Waals surface area (Å²) in [5, 5.41) is 0. The van der Waals surface area contributed by atoms with Gasteiger partial charge in [-0.15, -0.1) is 0 Å². The van der Waals surface area contributed by atoms with Gasteiger partial charge in [0.05, 0.1) is 0 Å². The van der Waals surface area contributed by atoms with Gasteiger partial charge in [0.25, 0.3) is 0 Å². The summed E-state index contributed by atoms with van der Waals surface area (Å²) < 4.78 is 7.72. The molecule has 0 heterocycles. The van der Waals surface area contributed by atoms with Crippen LogP contribution in [0.2, 0.25) is 0 Å². The molecular formula is Cl3HgNaO. The van der Waals surface area contributed by atoms with Crippen molar-refractivity contribution in [2.45, 2.75) is 0 Å². The van der Waals surface area contributed by atoms with Crippen LogP contribution in [-0.2, 0) is 22.1 Å². The molecule has 0 fully saturated rings. The molecule has 0 aliphatic carbocycles. The SMILES string of the molecule is [Cl][Hg][Cl].[Na+].[O-]Cl. The Kier molecular flexibility index (Phi) is 66.4. The molecule has 0 saturated heterocycles. The Hall–Kier alpha value is 2.77. The van der Waals surface area contributed by atoms with Crippen LogP contribution in [0, 0.1) is 0 Å². The maximum atomic E-state index is 7.72. The quantitative estimate of drug-likeness (QED) is 0.461. The Balaban J connectivity index is -0.0000000275. The first-order valence-corrected chi connectivity index (χ1v) is 14.5. The standard InChI is InChI=1S/ClO.2ClH.Hg.Na/c1-2;;;;/h;2*1H;;/q-1;;;+2;+1/p-2. The number of rotatable bonds is 0. The molecule has 0 amide bonds. The van der Waals surface area contributed by atoms with Crippen molar-refractivity contribution in [3.05, 3.63) is 0 Å². The number of hydrogen-bond acceptors (Lipinski definition) is 1. The van der Waals surface area contributed by atoms with Gasteiger partial charge in [0, 0.05) is 0 Å². The van der Waals surface area contributed by atoms with E-state index in [1.165, 1.54) is 0 Å². The topological polar surface area (TPSA) is 23.1 Å². The molecular weight excluding hydrogens is 346 g/mol. The zero-order chi connectivity index (χ0) is 4.71. The second-order valence-electron chi connectivity index (χ2n) is 0.101. The zero-order valence-corrected chi connectivity index (χ0v) is 13.0. The summed E-state index contributed by atoms with van der Waals surface area (Å²) in [5.41, 5.74) is 0. The Labute approximate surface area is 83.1 Å².